The first kappa shape index (κ1) is 30.0. The normalized spacial score (nSPS) is 25.0. The number of ether oxygens (including phenoxy) is 1. The molecule has 3 heterocycles. The fraction of sp³-hybridized carbons (Fsp3) is 0.719. The minimum atomic E-state index is -0.823. The van der Waals surface area contributed by atoms with Crippen LogP contribution in [0.1, 0.15) is 97.4 Å². The zero-order chi connectivity index (χ0) is 29.0. The van der Waals surface area contributed by atoms with Gasteiger partial charge < -0.3 is 25.0 Å². The zero-order valence-electron chi connectivity index (χ0n) is 25.1. The molecule has 9 nitrogen and oxygen atoms in total. The van der Waals surface area contributed by atoms with Crippen LogP contribution in [0.3, 0.4) is 0 Å². The van der Waals surface area contributed by atoms with Gasteiger partial charge in [-0.25, -0.2) is 4.98 Å². The number of rotatable bonds is 9. The minimum absolute atomic E-state index is 0.0849. The number of piperidine rings is 1. The van der Waals surface area contributed by atoms with E-state index in [-0.39, 0.29) is 18.2 Å². The van der Waals surface area contributed by atoms with Crippen molar-refractivity contribution in [3.05, 3.63) is 34.6 Å². The Morgan fingerprint density at radius 1 is 0.976 bits per heavy atom. The second-order valence-corrected chi connectivity index (χ2v) is 13.2. The number of benzene rings is 1. The van der Waals surface area contributed by atoms with Gasteiger partial charge in [-0.05, 0) is 71.4 Å². The van der Waals surface area contributed by atoms with E-state index in [1.54, 1.807) is 20.8 Å². The van der Waals surface area contributed by atoms with Crippen LogP contribution >= 0.6 is 0 Å². The van der Waals surface area contributed by atoms with E-state index in [0.29, 0.717) is 37.0 Å². The molecule has 3 aliphatic rings. The van der Waals surface area contributed by atoms with Crippen LogP contribution in [-0.4, -0.2) is 75.0 Å². The summed E-state index contributed by atoms with van der Waals surface area (Å²) in [6.45, 7) is 5.77. The van der Waals surface area contributed by atoms with E-state index in [1.807, 2.05) is 28.8 Å². The molecule has 0 amide bonds. The molecule has 41 heavy (non-hydrogen) atoms. The van der Waals surface area contributed by atoms with E-state index in [1.165, 1.54) is 57.8 Å². The third-order valence-corrected chi connectivity index (χ3v) is 9.10. The molecule has 2 saturated heterocycles. The Morgan fingerprint density at radius 3 is 2.29 bits per heavy atom. The number of carbonyl (C=O) groups excluding carboxylic acids is 1. The molecule has 3 unspecified atom stereocenters. The molecule has 4 atom stereocenters. The zero-order valence-corrected chi connectivity index (χ0v) is 25.1. The summed E-state index contributed by atoms with van der Waals surface area (Å²) >= 11 is 0. The Balaban J connectivity index is 1.29. The number of fused-ring (bicyclic) bond motifs is 3. The van der Waals surface area contributed by atoms with Gasteiger partial charge in [-0.2, -0.15) is 0 Å². The first-order chi connectivity index (χ1) is 19.7. The van der Waals surface area contributed by atoms with Gasteiger partial charge in [0.1, 0.15) is 11.6 Å². The van der Waals surface area contributed by atoms with Gasteiger partial charge in [0.05, 0.1) is 17.6 Å². The number of hydrogen-bond donors (Lipinski definition) is 3. The number of nitrogens with zero attached hydrogens (tertiary/aromatic N) is 3. The summed E-state index contributed by atoms with van der Waals surface area (Å²) in [5.74, 6) is -0.162. The molecule has 1 aromatic heterocycles. The van der Waals surface area contributed by atoms with Crippen molar-refractivity contribution in [3.63, 3.8) is 0 Å². The molecule has 0 spiro atoms. The molecule has 3 N–H and O–H groups in total. The number of aromatic nitrogens is 2. The molecule has 226 valence electrons. The highest BCUT2D eigenvalue weighted by molar-refractivity contribution is 5.77. The van der Waals surface area contributed by atoms with Gasteiger partial charge in [-0.15, -0.1) is 0 Å². The largest absolute Gasteiger partial charge is 0.459 e. The van der Waals surface area contributed by atoms with Crippen LogP contribution in [-0.2, 0) is 9.53 Å². The number of hydrogen-bond acceptors (Lipinski definition) is 8. The molecule has 0 radical (unpaired) electrons. The van der Waals surface area contributed by atoms with Crippen LogP contribution in [0.25, 0.3) is 11.0 Å². The van der Waals surface area contributed by atoms with Gasteiger partial charge in [-0.3, -0.25) is 14.5 Å². The summed E-state index contributed by atoms with van der Waals surface area (Å²) in [6.07, 6.45) is 13.9. The van der Waals surface area contributed by atoms with Crippen molar-refractivity contribution >= 4 is 22.8 Å². The summed E-state index contributed by atoms with van der Waals surface area (Å²) < 4.78 is 7.40. The van der Waals surface area contributed by atoms with E-state index in [0.717, 1.165) is 23.9 Å². The molecule has 3 fully saturated rings. The van der Waals surface area contributed by atoms with Gasteiger partial charge in [0.15, 0.2) is 5.82 Å². The van der Waals surface area contributed by atoms with Crippen molar-refractivity contribution in [1.82, 2.24) is 19.8 Å². The molecule has 1 saturated carbocycles. The molecule has 2 bridgehead atoms. The lowest BCUT2D eigenvalue weighted by atomic mass is 9.89. The predicted octanol–water partition coefficient (Wildman–Crippen LogP) is 4.38. The van der Waals surface area contributed by atoms with Crippen LogP contribution in [0, 0.1) is 0 Å². The predicted molar refractivity (Wildman–Crippen MR) is 162 cm³/mol. The van der Waals surface area contributed by atoms with E-state index < -0.39 is 17.6 Å². The van der Waals surface area contributed by atoms with Crippen molar-refractivity contribution in [1.29, 1.82) is 0 Å². The first-order valence-corrected chi connectivity index (χ1v) is 15.8. The second kappa shape index (κ2) is 13.2. The molecule has 2 aromatic rings. The third kappa shape index (κ3) is 7.12. The minimum Gasteiger partial charge on any atom is -0.459 e. The Labute approximate surface area is 244 Å². The van der Waals surface area contributed by atoms with Gasteiger partial charge in [0.25, 0.3) is 5.56 Å². The fourth-order valence-electron chi connectivity index (χ4n) is 7.38. The number of carbonyl (C=O) groups is 1. The number of aliphatic hydroxyl groups is 1. The summed E-state index contributed by atoms with van der Waals surface area (Å²) in [6, 6.07) is 9.06. The Morgan fingerprint density at radius 2 is 1.63 bits per heavy atom. The Kier molecular flexibility index (Phi) is 9.66. The number of esters is 1. The van der Waals surface area contributed by atoms with E-state index in [9.17, 15) is 14.7 Å². The van der Waals surface area contributed by atoms with Crippen molar-refractivity contribution < 1.29 is 14.6 Å². The van der Waals surface area contributed by atoms with Crippen LogP contribution in [0.4, 0.5) is 5.82 Å². The quantitative estimate of drug-likeness (QED) is 0.303. The highest BCUT2D eigenvalue weighted by Gasteiger charge is 2.44. The van der Waals surface area contributed by atoms with Crippen LogP contribution in [0.5, 0.6) is 0 Å². The molecular weight excluding hydrogens is 518 g/mol. The van der Waals surface area contributed by atoms with E-state index in [4.69, 9.17) is 4.74 Å². The van der Waals surface area contributed by atoms with Gasteiger partial charge >= 0.3 is 5.97 Å². The SMILES string of the molecule is CC(C)(C)OC(=O)C(CO)NCCNc1nc2ccccc2n(C2CC3CC[C@@H](C2)N3C2CCCCCCC2)c1=O. The molecule has 9 heteroatoms. The maximum atomic E-state index is 13.9. The summed E-state index contributed by atoms with van der Waals surface area (Å²) in [4.78, 5) is 33.8. The lowest BCUT2D eigenvalue weighted by Gasteiger charge is -2.45. The van der Waals surface area contributed by atoms with Crippen molar-refractivity contribution in [2.24, 2.45) is 0 Å². The van der Waals surface area contributed by atoms with Crippen molar-refractivity contribution in [2.75, 3.05) is 25.0 Å². The summed E-state index contributed by atoms with van der Waals surface area (Å²) in [5.41, 5.74) is 0.989. The molecule has 5 rings (SSSR count). The molecule has 2 aliphatic heterocycles. The van der Waals surface area contributed by atoms with Gasteiger partial charge in [0.2, 0.25) is 0 Å². The topological polar surface area (TPSA) is 109 Å². The highest BCUT2D eigenvalue weighted by atomic mass is 16.6. The standard InChI is InChI=1S/C32H49N5O4/c1-32(2,3)41-31(40)27(21-38)33-17-18-34-29-30(39)37(28-14-10-9-13-26(28)35-29)25-19-23-15-16-24(20-25)36(23)22-11-7-5-4-6-8-12-22/h9-10,13-14,22-25,27,33,38H,4-8,11-12,15-21H2,1-3H3,(H,34,35)/t23-,24?,25?,27?/m0/s1. The van der Waals surface area contributed by atoms with Crippen LogP contribution in [0.2, 0.25) is 0 Å². The number of anilines is 1. The lowest BCUT2D eigenvalue weighted by molar-refractivity contribution is -0.158. The summed E-state index contributed by atoms with van der Waals surface area (Å²) in [7, 11) is 0. The smallest absolute Gasteiger partial charge is 0.326 e. The second-order valence-electron chi connectivity index (χ2n) is 13.2. The lowest BCUT2D eigenvalue weighted by Crippen LogP contribution is -2.50. The van der Waals surface area contributed by atoms with Crippen molar-refractivity contribution in [3.8, 4) is 0 Å². The maximum absolute atomic E-state index is 13.9. The maximum Gasteiger partial charge on any atom is 0.326 e. The van der Waals surface area contributed by atoms with Crippen LogP contribution in [0.15, 0.2) is 29.1 Å². The van der Waals surface area contributed by atoms with Gasteiger partial charge in [0, 0.05) is 37.3 Å². The fourth-order valence-corrected chi connectivity index (χ4v) is 7.38. The Bertz CT molecular complexity index is 1220. The van der Waals surface area contributed by atoms with Crippen molar-refractivity contribution in [2.45, 2.75) is 127 Å². The van der Waals surface area contributed by atoms with E-state index >= 15 is 0 Å². The average Bonchev–Trinajstić information content (AvgIpc) is 3.16. The number of nitrogens with one attached hydrogen (secondary N) is 2. The highest BCUT2D eigenvalue weighted by Crippen LogP contribution is 2.44. The first-order valence-electron chi connectivity index (χ1n) is 15.8. The number of aliphatic hydroxyl groups excluding tert-OH is 1. The Hall–Kier alpha value is -2.49. The van der Waals surface area contributed by atoms with Gasteiger partial charge in [-0.1, -0.05) is 44.2 Å². The monoisotopic (exact) mass is 567 g/mol. The van der Waals surface area contributed by atoms with Crippen LogP contribution < -0.4 is 16.2 Å². The molecule has 1 aliphatic carbocycles. The number of para-hydroxylation sites is 2. The average molecular weight is 568 g/mol. The summed E-state index contributed by atoms with van der Waals surface area (Å²) in [5, 5.41) is 15.9. The molecule has 1 aromatic carbocycles. The van der Waals surface area contributed by atoms with E-state index in [2.05, 4.69) is 20.5 Å². The third-order valence-electron chi connectivity index (χ3n) is 9.10. The molecular formula is C32H49N5O4.